The summed E-state index contributed by atoms with van der Waals surface area (Å²) in [6, 6.07) is 7.78. The third-order valence-corrected chi connectivity index (χ3v) is 6.41. The number of ketones is 1. The quantitative estimate of drug-likeness (QED) is 0.299. The Kier molecular flexibility index (Phi) is 6.87. The monoisotopic (exact) mass is 429 g/mol. The molecule has 2 aromatic heterocycles. The Morgan fingerprint density at radius 1 is 1.14 bits per heavy atom. The van der Waals surface area contributed by atoms with Crippen LogP contribution in [0.5, 0.6) is 0 Å². The average molecular weight is 430 g/mol. The second kappa shape index (κ2) is 9.37. The third kappa shape index (κ3) is 4.94. The van der Waals surface area contributed by atoms with E-state index in [1.54, 1.807) is 11.3 Å². The fraction of sp³-hybridized carbons (Fsp3) is 0.333. The first-order valence-corrected chi connectivity index (χ1v) is 11.1. The molecule has 0 radical (unpaired) electrons. The van der Waals surface area contributed by atoms with E-state index in [0.717, 1.165) is 27.4 Å². The highest BCUT2D eigenvalue weighted by Gasteiger charge is 2.17. The van der Waals surface area contributed by atoms with Crippen LogP contribution >= 0.6 is 23.1 Å². The van der Waals surface area contributed by atoms with Crippen LogP contribution in [0.4, 0.5) is 0 Å². The minimum Gasteiger partial charge on any atom is -0.457 e. The van der Waals surface area contributed by atoms with Gasteiger partial charge >= 0.3 is 5.97 Å². The zero-order valence-electron chi connectivity index (χ0n) is 16.9. The van der Waals surface area contributed by atoms with Gasteiger partial charge in [-0.3, -0.25) is 9.59 Å². The van der Waals surface area contributed by atoms with Crippen molar-refractivity contribution in [3.8, 4) is 10.7 Å². The molecule has 0 fully saturated rings. The zero-order chi connectivity index (χ0) is 21.0. The number of nitrogens with zero attached hydrogens (tertiary/aromatic N) is 3. The molecule has 0 unspecified atom stereocenters. The summed E-state index contributed by atoms with van der Waals surface area (Å²) in [6.07, 6.45) is 0. The lowest BCUT2D eigenvalue weighted by atomic mass is 9.98. The fourth-order valence-corrected chi connectivity index (χ4v) is 4.44. The standard InChI is InChI=1S/C21H23N3O3S2/c1-5-24-20(18-7-6-8-28-18)22-23-21(24)29-12-19(26)27-11-17(25)16-10-14(3)13(2)9-15(16)4/h6-10H,5,11-12H2,1-4H3. The van der Waals surface area contributed by atoms with Gasteiger partial charge in [-0.15, -0.1) is 21.5 Å². The van der Waals surface area contributed by atoms with E-state index in [1.807, 2.05) is 61.9 Å². The van der Waals surface area contributed by atoms with Crippen molar-refractivity contribution in [3.63, 3.8) is 0 Å². The summed E-state index contributed by atoms with van der Waals surface area (Å²) >= 11 is 2.85. The summed E-state index contributed by atoms with van der Waals surface area (Å²) in [7, 11) is 0. The zero-order valence-corrected chi connectivity index (χ0v) is 18.5. The van der Waals surface area contributed by atoms with Crippen molar-refractivity contribution in [2.45, 2.75) is 39.4 Å². The Labute approximate surface area is 178 Å². The number of carbonyl (C=O) groups excluding carboxylic acids is 2. The van der Waals surface area contributed by atoms with Crippen LogP contribution in [0, 0.1) is 20.8 Å². The number of ether oxygens (including phenoxy) is 1. The Balaban J connectivity index is 1.57. The van der Waals surface area contributed by atoms with E-state index >= 15 is 0 Å². The number of aryl methyl sites for hydroxylation is 3. The predicted molar refractivity (Wildman–Crippen MR) is 116 cm³/mol. The molecule has 0 aliphatic carbocycles. The summed E-state index contributed by atoms with van der Waals surface area (Å²) in [5.74, 6) is 0.217. The third-order valence-electron chi connectivity index (χ3n) is 4.60. The highest BCUT2D eigenvalue weighted by atomic mass is 32.2. The maximum absolute atomic E-state index is 12.4. The first-order chi connectivity index (χ1) is 13.9. The molecule has 1 aromatic carbocycles. The summed E-state index contributed by atoms with van der Waals surface area (Å²) in [4.78, 5) is 25.6. The second-order valence-electron chi connectivity index (χ2n) is 6.65. The van der Waals surface area contributed by atoms with E-state index in [9.17, 15) is 9.59 Å². The van der Waals surface area contributed by atoms with Gasteiger partial charge in [0.25, 0.3) is 0 Å². The number of rotatable bonds is 8. The molecule has 0 saturated carbocycles. The van der Waals surface area contributed by atoms with E-state index in [4.69, 9.17) is 4.74 Å². The molecule has 0 amide bonds. The highest BCUT2D eigenvalue weighted by Crippen LogP contribution is 2.27. The lowest BCUT2D eigenvalue weighted by molar-refractivity contribution is -0.139. The Morgan fingerprint density at radius 2 is 1.90 bits per heavy atom. The minimum atomic E-state index is -0.451. The van der Waals surface area contributed by atoms with E-state index in [-0.39, 0.29) is 18.1 Å². The molecule has 8 heteroatoms. The molecular weight excluding hydrogens is 406 g/mol. The molecule has 29 heavy (non-hydrogen) atoms. The molecule has 3 aromatic rings. The first-order valence-electron chi connectivity index (χ1n) is 9.27. The second-order valence-corrected chi connectivity index (χ2v) is 8.54. The van der Waals surface area contributed by atoms with Gasteiger partial charge in [0.15, 0.2) is 17.6 Å². The van der Waals surface area contributed by atoms with Crippen molar-refractivity contribution in [1.29, 1.82) is 0 Å². The molecule has 0 bridgehead atoms. The molecule has 0 saturated heterocycles. The van der Waals surface area contributed by atoms with Crippen LogP contribution < -0.4 is 0 Å². The lowest BCUT2D eigenvalue weighted by Gasteiger charge is -2.10. The van der Waals surface area contributed by atoms with Crippen molar-refractivity contribution >= 4 is 34.9 Å². The normalized spacial score (nSPS) is 10.9. The maximum atomic E-state index is 12.4. The van der Waals surface area contributed by atoms with Crippen LogP contribution in [-0.2, 0) is 16.1 Å². The fourth-order valence-electron chi connectivity index (χ4n) is 2.92. The number of benzene rings is 1. The molecule has 0 aliphatic rings. The average Bonchev–Trinajstić information content (AvgIpc) is 3.36. The largest absolute Gasteiger partial charge is 0.457 e. The van der Waals surface area contributed by atoms with Crippen molar-refractivity contribution in [2.24, 2.45) is 0 Å². The van der Waals surface area contributed by atoms with Crippen LogP contribution in [0.3, 0.4) is 0 Å². The number of esters is 1. The van der Waals surface area contributed by atoms with Crippen molar-refractivity contribution in [1.82, 2.24) is 14.8 Å². The Hall–Kier alpha value is -2.45. The number of thioether (sulfide) groups is 1. The molecule has 3 rings (SSSR count). The van der Waals surface area contributed by atoms with Gasteiger partial charge in [-0.05, 0) is 61.9 Å². The molecular formula is C21H23N3O3S2. The summed E-state index contributed by atoms with van der Waals surface area (Å²) in [6.45, 7) is 8.30. The predicted octanol–water partition coefficient (Wildman–Crippen LogP) is 4.47. The Bertz CT molecular complexity index is 1030. The van der Waals surface area contributed by atoms with E-state index < -0.39 is 5.97 Å². The molecule has 0 atom stereocenters. The molecule has 2 heterocycles. The smallest absolute Gasteiger partial charge is 0.316 e. The highest BCUT2D eigenvalue weighted by molar-refractivity contribution is 7.99. The van der Waals surface area contributed by atoms with Crippen LogP contribution in [0.25, 0.3) is 10.7 Å². The van der Waals surface area contributed by atoms with Crippen molar-refractivity contribution in [3.05, 3.63) is 51.9 Å². The lowest BCUT2D eigenvalue weighted by Crippen LogP contribution is -2.17. The van der Waals surface area contributed by atoms with Gasteiger partial charge in [-0.1, -0.05) is 23.9 Å². The molecule has 0 aliphatic heterocycles. The van der Waals surface area contributed by atoms with Crippen molar-refractivity contribution < 1.29 is 14.3 Å². The number of aromatic nitrogens is 3. The first kappa shape index (κ1) is 21.3. The van der Waals surface area contributed by atoms with Crippen LogP contribution in [0.2, 0.25) is 0 Å². The van der Waals surface area contributed by atoms with Gasteiger partial charge in [0.1, 0.15) is 0 Å². The van der Waals surface area contributed by atoms with Crippen molar-refractivity contribution in [2.75, 3.05) is 12.4 Å². The van der Waals surface area contributed by atoms with E-state index in [1.165, 1.54) is 11.8 Å². The van der Waals surface area contributed by atoms with E-state index in [2.05, 4.69) is 10.2 Å². The molecule has 0 spiro atoms. The van der Waals surface area contributed by atoms with Gasteiger partial charge in [-0.25, -0.2) is 0 Å². The number of hydrogen-bond acceptors (Lipinski definition) is 7. The number of carbonyl (C=O) groups is 2. The summed E-state index contributed by atoms with van der Waals surface area (Å²) in [5, 5.41) is 11.1. The Morgan fingerprint density at radius 3 is 2.59 bits per heavy atom. The van der Waals surface area contributed by atoms with Gasteiger partial charge in [0.2, 0.25) is 5.78 Å². The van der Waals surface area contributed by atoms with Gasteiger partial charge in [0.05, 0.1) is 10.6 Å². The molecule has 6 nitrogen and oxygen atoms in total. The minimum absolute atomic E-state index is 0.0712. The SMILES string of the molecule is CCn1c(SCC(=O)OCC(=O)c2cc(C)c(C)cc2C)nnc1-c1cccs1. The van der Waals surface area contributed by atoms with E-state index in [0.29, 0.717) is 17.3 Å². The van der Waals surface area contributed by atoms with Gasteiger partial charge < -0.3 is 9.30 Å². The summed E-state index contributed by atoms with van der Waals surface area (Å²) < 4.78 is 7.16. The van der Waals surface area contributed by atoms with Gasteiger partial charge in [0, 0.05) is 12.1 Å². The number of hydrogen-bond donors (Lipinski definition) is 0. The number of thiophene rings is 1. The van der Waals surface area contributed by atoms with Crippen LogP contribution in [-0.4, -0.2) is 38.9 Å². The molecule has 152 valence electrons. The number of Topliss-reactive ketones (excluding diaryl/α,β-unsaturated/α-hetero) is 1. The molecule has 0 N–H and O–H groups in total. The topological polar surface area (TPSA) is 74.1 Å². The summed E-state index contributed by atoms with van der Waals surface area (Å²) in [5.41, 5.74) is 3.66. The maximum Gasteiger partial charge on any atom is 0.316 e. The van der Waals surface area contributed by atoms with Crippen LogP contribution in [0.15, 0.2) is 34.8 Å². The van der Waals surface area contributed by atoms with Crippen LogP contribution in [0.1, 0.15) is 34.0 Å². The van der Waals surface area contributed by atoms with Gasteiger partial charge in [-0.2, -0.15) is 0 Å².